The Morgan fingerprint density at radius 3 is 2.79 bits per heavy atom. The predicted octanol–water partition coefficient (Wildman–Crippen LogP) is 5.96. The van der Waals surface area contributed by atoms with Crippen LogP contribution in [-0.4, -0.2) is 42.7 Å². The Labute approximate surface area is 230 Å². The van der Waals surface area contributed by atoms with Crippen molar-refractivity contribution in [1.29, 1.82) is 0 Å². The topological polar surface area (TPSA) is 105 Å². The van der Waals surface area contributed by atoms with Gasteiger partial charge in [0.05, 0.1) is 29.1 Å². The van der Waals surface area contributed by atoms with Crippen LogP contribution in [0.4, 0.5) is 21.9 Å². The molecule has 9 nitrogen and oxygen atoms in total. The van der Waals surface area contributed by atoms with E-state index in [0.717, 1.165) is 36.9 Å². The Balaban J connectivity index is 1.32. The number of ether oxygens (including phenoxy) is 2. The van der Waals surface area contributed by atoms with Crippen LogP contribution in [0.1, 0.15) is 35.0 Å². The molecule has 0 radical (unpaired) electrons. The zero-order chi connectivity index (χ0) is 26.9. The van der Waals surface area contributed by atoms with Crippen LogP contribution in [0.25, 0.3) is 10.2 Å². The molecule has 6 rings (SSSR count). The number of pyridine rings is 1. The summed E-state index contributed by atoms with van der Waals surface area (Å²) in [6, 6.07) is 14.6. The molecule has 0 aliphatic carbocycles. The normalized spacial score (nSPS) is 16.6. The highest BCUT2D eigenvalue weighted by Crippen LogP contribution is 2.46. The molecule has 39 heavy (non-hydrogen) atoms. The summed E-state index contributed by atoms with van der Waals surface area (Å²) in [4.78, 5) is 34.0. The Kier molecular flexibility index (Phi) is 6.80. The highest BCUT2D eigenvalue weighted by Gasteiger charge is 2.33. The summed E-state index contributed by atoms with van der Waals surface area (Å²) >= 11 is 1.29. The van der Waals surface area contributed by atoms with Gasteiger partial charge in [-0.3, -0.25) is 9.69 Å². The lowest BCUT2D eigenvalue weighted by molar-refractivity contribution is 0.0935. The van der Waals surface area contributed by atoms with Gasteiger partial charge < -0.3 is 25.4 Å². The average Bonchev–Trinajstić information content (AvgIpc) is 3.31. The third-order valence-electron chi connectivity index (χ3n) is 6.87. The van der Waals surface area contributed by atoms with Crippen molar-refractivity contribution in [2.24, 2.45) is 0 Å². The molecule has 4 heterocycles. The number of benzene rings is 2. The van der Waals surface area contributed by atoms with Crippen LogP contribution in [0.5, 0.6) is 17.2 Å². The molecule has 2 aromatic heterocycles. The number of amides is 3. The monoisotopic (exact) mass is 543 g/mol. The maximum Gasteiger partial charge on any atom is 0.331 e. The Morgan fingerprint density at radius 1 is 1.18 bits per heavy atom. The molecule has 1 atom stereocenters. The van der Waals surface area contributed by atoms with Crippen LogP contribution in [-0.2, 0) is 0 Å². The largest absolute Gasteiger partial charge is 0.490 e. The molecule has 1 unspecified atom stereocenters. The number of urea groups is 1. The maximum atomic E-state index is 13.5. The lowest BCUT2D eigenvalue weighted by Crippen LogP contribution is -2.45. The van der Waals surface area contributed by atoms with E-state index in [1.165, 1.54) is 11.3 Å². The first kappa shape index (κ1) is 25.1. The van der Waals surface area contributed by atoms with Gasteiger partial charge in [0.15, 0.2) is 11.5 Å². The van der Waals surface area contributed by atoms with Crippen LogP contribution in [0, 0.1) is 6.92 Å². The maximum absolute atomic E-state index is 13.5. The SMILES string of the molecule is CCOc1ccccc1Oc1ccc(N2C(=O)Nc3c(C(=O)NC4CCCNC4)sc4nccc2c34)c(C)c1. The molecule has 200 valence electrons. The molecule has 4 aromatic rings. The molecule has 3 amide bonds. The van der Waals surface area contributed by atoms with Crippen molar-refractivity contribution in [3.63, 3.8) is 0 Å². The molecule has 1 saturated heterocycles. The van der Waals surface area contributed by atoms with E-state index in [9.17, 15) is 9.59 Å². The third kappa shape index (κ3) is 4.77. The van der Waals surface area contributed by atoms with E-state index in [2.05, 4.69) is 20.9 Å². The number of rotatable bonds is 7. The molecule has 2 aliphatic heterocycles. The number of piperidine rings is 1. The molecule has 0 bridgehead atoms. The molecular formula is C29H29N5O4S. The van der Waals surface area contributed by atoms with E-state index in [1.807, 2.05) is 62.4 Å². The zero-order valence-corrected chi connectivity index (χ0v) is 22.6. The minimum atomic E-state index is -0.333. The lowest BCUT2D eigenvalue weighted by Gasteiger charge is -2.30. The van der Waals surface area contributed by atoms with Gasteiger partial charge in [0.25, 0.3) is 5.91 Å². The Bertz CT molecular complexity index is 1560. The lowest BCUT2D eigenvalue weighted by atomic mass is 10.1. The fourth-order valence-corrected chi connectivity index (χ4v) is 6.11. The van der Waals surface area contributed by atoms with Crippen LogP contribution >= 0.6 is 11.3 Å². The van der Waals surface area contributed by atoms with Crippen LogP contribution in [0.15, 0.2) is 54.7 Å². The second-order valence-corrected chi connectivity index (χ2v) is 10.5. The summed E-state index contributed by atoms with van der Waals surface area (Å²) in [6.07, 6.45) is 3.62. The van der Waals surface area contributed by atoms with Crippen LogP contribution < -0.4 is 30.3 Å². The Hall–Kier alpha value is -4.15. The number of hydrogen-bond acceptors (Lipinski definition) is 7. The van der Waals surface area contributed by atoms with Crippen molar-refractivity contribution in [3.8, 4) is 17.2 Å². The number of anilines is 3. The van der Waals surface area contributed by atoms with Gasteiger partial charge in [0.2, 0.25) is 0 Å². The second-order valence-electron chi connectivity index (χ2n) is 9.53. The number of thiophene rings is 1. The predicted molar refractivity (Wildman–Crippen MR) is 153 cm³/mol. The van der Waals surface area contributed by atoms with Crippen molar-refractivity contribution in [2.75, 3.05) is 29.9 Å². The van der Waals surface area contributed by atoms with Gasteiger partial charge in [-0.25, -0.2) is 9.78 Å². The first-order valence-electron chi connectivity index (χ1n) is 13.1. The van der Waals surface area contributed by atoms with E-state index in [0.29, 0.717) is 50.6 Å². The highest BCUT2D eigenvalue weighted by atomic mass is 32.1. The van der Waals surface area contributed by atoms with E-state index < -0.39 is 0 Å². The molecule has 2 aliphatic rings. The van der Waals surface area contributed by atoms with Crippen LogP contribution in [0.3, 0.4) is 0 Å². The number of nitrogens with one attached hydrogen (secondary N) is 3. The Morgan fingerprint density at radius 2 is 2.03 bits per heavy atom. The highest BCUT2D eigenvalue weighted by molar-refractivity contribution is 7.21. The molecule has 3 N–H and O–H groups in total. The molecule has 0 saturated carbocycles. The molecule has 2 aromatic carbocycles. The van der Waals surface area contributed by atoms with Crippen molar-refractivity contribution in [3.05, 3.63) is 65.2 Å². The van der Waals surface area contributed by atoms with E-state index >= 15 is 0 Å². The number of hydrogen-bond donors (Lipinski definition) is 3. The van der Waals surface area contributed by atoms with Gasteiger partial charge in [-0.05, 0) is 75.2 Å². The van der Waals surface area contributed by atoms with Crippen molar-refractivity contribution < 1.29 is 19.1 Å². The summed E-state index contributed by atoms with van der Waals surface area (Å²) in [6.45, 7) is 6.10. The number of carbonyl (C=O) groups excluding carboxylic acids is 2. The van der Waals surface area contributed by atoms with Gasteiger partial charge in [-0.2, -0.15) is 0 Å². The molecule has 0 spiro atoms. The van der Waals surface area contributed by atoms with Gasteiger partial charge in [0.1, 0.15) is 15.5 Å². The van der Waals surface area contributed by atoms with Gasteiger partial charge in [-0.15, -0.1) is 11.3 Å². The van der Waals surface area contributed by atoms with Crippen molar-refractivity contribution in [2.45, 2.75) is 32.7 Å². The first-order chi connectivity index (χ1) is 19.0. The zero-order valence-electron chi connectivity index (χ0n) is 21.7. The number of carbonyl (C=O) groups is 2. The van der Waals surface area contributed by atoms with Crippen LogP contribution in [0.2, 0.25) is 0 Å². The van der Waals surface area contributed by atoms with E-state index in [4.69, 9.17) is 9.47 Å². The summed E-state index contributed by atoms with van der Waals surface area (Å²) in [7, 11) is 0. The van der Waals surface area contributed by atoms with Gasteiger partial charge >= 0.3 is 6.03 Å². The van der Waals surface area contributed by atoms with Gasteiger partial charge in [0, 0.05) is 18.8 Å². The summed E-state index contributed by atoms with van der Waals surface area (Å²) < 4.78 is 11.8. The van der Waals surface area contributed by atoms with Crippen molar-refractivity contribution >= 4 is 50.6 Å². The standard InChI is InChI=1S/C29H29N5O4S/c1-3-37-22-8-4-5-9-23(22)38-19-10-11-20(17(2)15-19)34-21-12-14-31-28-24(21)25(33-29(34)36)26(39-28)27(35)32-18-7-6-13-30-16-18/h4-5,8-12,14-15,18,30H,3,6-7,13,16H2,1-2H3,(H,32,35)(H,33,36). The fourth-order valence-electron chi connectivity index (χ4n) is 5.09. The number of aromatic nitrogens is 1. The summed E-state index contributed by atoms with van der Waals surface area (Å²) in [5.41, 5.74) is 2.77. The summed E-state index contributed by atoms with van der Waals surface area (Å²) in [5.74, 6) is 1.73. The summed E-state index contributed by atoms with van der Waals surface area (Å²) in [5, 5.41) is 10.2. The minimum absolute atomic E-state index is 0.0655. The number of nitrogens with zero attached hydrogens (tertiary/aromatic N) is 2. The molecular weight excluding hydrogens is 514 g/mol. The fraction of sp³-hybridized carbons (Fsp3) is 0.276. The van der Waals surface area contributed by atoms with Gasteiger partial charge in [-0.1, -0.05) is 12.1 Å². The first-order valence-corrected chi connectivity index (χ1v) is 13.9. The van der Waals surface area contributed by atoms with E-state index in [-0.39, 0.29) is 18.0 Å². The second kappa shape index (κ2) is 10.5. The smallest absolute Gasteiger partial charge is 0.331 e. The molecule has 10 heteroatoms. The average molecular weight is 544 g/mol. The molecule has 1 fully saturated rings. The quantitative estimate of drug-likeness (QED) is 0.266. The van der Waals surface area contributed by atoms with E-state index in [1.54, 1.807) is 11.1 Å². The third-order valence-corrected chi connectivity index (χ3v) is 7.97. The minimum Gasteiger partial charge on any atom is -0.490 e. The number of aryl methyl sites for hydroxylation is 1. The number of para-hydroxylation sites is 2. The van der Waals surface area contributed by atoms with Crippen molar-refractivity contribution in [1.82, 2.24) is 15.6 Å².